The first kappa shape index (κ1) is 16.2. The summed E-state index contributed by atoms with van der Waals surface area (Å²) in [5.74, 6) is 0. The van der Waals surface area contributed by atoms with Gasteiger partial charge < -0.3 is 21.7 Å². The molecule has 0 spiro atoms. The Morgan fingerprint density at radius 1 is 0.773 bits per heavy atom. The highest BCUT2D eigenvalue weighted by atomic mass is 19.5. The fourth-order valence-corrected chi connectivity index (χ4v) is 2.06. The monoisotopic (exact) mass is 324 g/mol. The molecule has 0 saturated heterocycles. The molecular formula is C13H8BF7O. The van der Waals surface area contributed by atoms with Crippen LogP contribution >= 0.6 is 0 Å². The van der Waals surface area contributed by atoms with Gasteiger partial charge in [-0.25, -0.2) is 0 Å². The third-order valence-corrected chi connectivity index (χ3v) is 2.76. The molecule has 0 bridgehead atoms. The average Bonchev–Trinajstić information content (AvgIpc) is 2.73. The van der Waals surface area contributed by atoms with Gasteiger partial charge in [0.15, 0.2) is 0 Å². The molecule has 118 valence electrons. The van der Waals surface area contributed by atoms with Crippen LogP contribution < -0.4 is 0 Å². The van der Waals surface area contributed by atoms with Gasteiger partial charge in [0.2, 0.25) is 0 Å². The van der Waals surface area contributed by atoms with Crippen molar-refractivity contribution in [2.24, 2.45) is 0 Å². The minimum atomic E-state index is -6.00. The van der Waals surface area contributed by atoms with Crippen molar-refractivity contribution >= 4 is 29.2 Å². The molecule has 2 aromatic carbocycles. The number of alkyl halides is 3. The Morgan fingerprint density at radius 2 is 1.32 bits per heavy atom. The van der Waals surface area contributed by atoms with Crippen molar-refractivity contribution in [3.05, 3.63) is 48.0 Å². The first-order chi connectivity index (χ1) is 10.1. The second kappa shape index (κ2) is 5.55. The molecule has 1 nitrogen and oxygen atoms in total. The Morgan fingerprint density at radius 3 is 1.91 bits per heavy atom. The summed E-state index contributed by atoms with van der Waals surface area (Å²) in [7, 11) is -6.00. The van der Waals surface area contributed by atoms with Crippen molar-refractivity contribution < 1.29 is 34.9 Å². The summed E-state index contributed by atoms with van der Waals surface area (Å²) in [6, 6.07) is 10.9. The second-order valence-corrected chi connectivity index (χ2v) is 4.32. The summed E-state index contributed by atoms with van der Waals surface area (Å²) >= 11 is 0. The minimum absolute atomic E-state index is 0.190. The summed E-state index contributed by atoms with van der Waals surface area (Å²) < 4.78 is 81.9. The van der Waals surface area contributed by atoms with Gasteiger partial charge in [-0.2, -0.15) is 13.2 Å². The van der Waals surface area contributed by atoms with Crippen LogP contribution in [0.15, 0.2) is 46.9 Å². The van der Waals surface area contributed by atoms with E-state index in [1.807, 2.05) is 0 Å². The van der Waals surface area contributed by atoms with Crippen LogP contribution in [0.5, 0.6) is 0 Å². The Hall–Kier alpha value is -2.19. The molecule has 0 saturated carbocycles. The summed E-state index contributed by atoms with van der Waals surface area (Å²) in [6.07, 6.45) is -4.35. The molecule has 0 aliphatic heterocycles. The van der Waals surface area contributed by atoms with Gasteiger partial charge in [0.1, 0.15) is 0 Å². The maximum Gasteiger partial charge on any atom is 0.673 e. The maximum absolute atomic E-state index is 12.9. The van der Waals surface area contributed by atoms with Gasteiger partial charge in [0.05, 0.1) is 16.3 Å². The number of halogens is 7. The van der Waals surface area contributed by atoms with Gasteiger partial charge in [0, 0.05) is 12.1 Å². The van der Waals surface area contributed by atoms with Crippen LogP contribution in [-0.4, -0.2) is 7.25 Å². The number of rotatable bonds is 0. The van der Waals surface area contributed by atoms with Crippen molar-refractivity contribution in [2.45, 2.75) is 6.18 Å². The van der Waals surface area contributed by atoms with Gasteiger partial charge in [-0.3, -0.25) is 0 Å². The fourth-order valence-electron chi connectivity index (χ4n) is 2.06. The summed E-state index contributed by atoms with van der Waals surface area (Å²) in [5, 5.41) is 0.742. The standard InChI is InChI=1S/C13H7F3O.BF4/c14-13(15,16)9-5-3-7-11-12(9)8-4-1-2-6-10(8)17-11;2-1(3,4)5/h1-7H;/q;-1/p+1. The molecule has 0 aliphatic carbocycles. The number of benzene rings is 2. The lowest BCUT2D eigenvalue weighted by molar-refractivity contribution is -0.136. The lowest BCUT2D eigenvalue weighted by atomic mass is 10.1. The second-order valence-electron chi connectivity index (χ2n) is 4.32. The lowest BCUT2D eigenvalue weighted by Gasteiger charge is -2.05. The third kappa shape index (κ3) is 3.72. The molecule has 0 amide bonds. The predicted molar refractivity (Wildman–Crippen MR) is 70.0 cm³/mol. The number of hydrogen-bond acceptors (Lipinski definition) is 0. The third-order valence-electron chi connectivity index (χ3n) is 2.76. The van der Waals surface area contributed by atoms with E-state index >= 15 is 0 Å². The number of fused-ring (bicyclic) bond motifs is 3. The van der Waals surface area contributed by atoms with E-state index in [4.69, 9.17) is 0 Å². The van der Waals surface area contributed by atoms with Crippen molar-refractivity contribution in [3.8, 4) is 0 Å². The Kier molecular flexibility index (Phi) is 4.08. The zero-order valence-electron chi connectivity index (χ0n) is 10.7. The quantitative estimate of drug-likeness (QED) is 0.273. The topological polar surface area (TPSA) is 12.8 Å². The van der Waals surface area contributed by atoms with E-state index in [-0.39, 0.29) is 5.39 Å². The van der Waals surface area contributed by atoms with E-state index in [0.29, 0.717) is 16.6 Å². The van der Waals surface area contributed by atoms with Crippen LogP contribution in [0.25, 0.3) is 21.9 Å². The fraction of sp³-hybridized carbons (Fsp3) is 0.0769. The Bertz CT molecular complexity index is 782. The zero-order valence-corrected chi connectivity index (χ0v) is 10.7. The van der Waals surface area contributed by atoms with E-state index in [1.54, 1.807) is 30.3 Å². The molecule has 1 N–H and O–H groups in total. The molecule has 9 heteroatoms. The van der Waals surface area contributed by atoms with Gasteiger partial charge in [-0.05, 0) is 12.1 Å². The predicted octanol–water partition coefficient (Wildman–Crippen LogP) is 6.02. The highest BCUT2D eigenvalue weighted by Gasteiger charge is 2.35. The molecule has 3 rings (SSSR count). The van der Waals surface area contributed by atoms with E-state index in [9.17, 15) is 30.4 Å². The molecule has 0 atom stereocenters. The normalized spacial score (nSPS) is 12.3. The van der Waals surface area contributed by atoms with Crippen LogP contribution in [0.3, 0.4) is 0 Å². The van der Waals surface area contributed by atoms with Crippen LogP contribution in [0.1, 0.15) is 5.56 Å². The minimum Gasteiger partial charge on any atom is -0.545 e. The smallest absolute Gasteiger partial charge is 0.545 e. The van der Waals surface area contributed by atoms with E-state index in [1.165, 1.54) is 6.07 Å². The lowest BCUT2D eigenvalue weighted by Crippen LogP contribution is -2.04. The molecule has 1 aromatic heterocycles. The first-order valence-corrected chi connectivity index (χ1v) is 5.96. The number of furan rings is 1. The highest BCUT2D eigenvalue weighted by Crippen LogP contribution is 2.39. The molecule has 0 aliphatic rings. The van der Waals surface area contributed by atoms with E-state index in [0.717, 1.165) is 6.07 Å². The van der Waals surface area contributed by atoms with E-state index in [2.05, 4.69) is 4.42 Å². The zero-order chi connectivity index (χ0) is 16.5. The summed E-state index contributed by atoms with van der Waals surface area (Å²) in [4.78, 5) is 0. The Balaban J connectivity index is 0.000000309. The van der Waals surface area contributed by atoms with Crippen LogP contribution in [0.4, 0.5) is 30.4 Å². The van der Waals surface area contributed by atoms with Gasteiger partial charge in [0.25, 0.3) is 11.2 Å². The molecule has 0 radical (unpaired) electrons. The number of para-hydroxylation sites is 1. The largest absolute Gasteiger partial charge is 0.673 e. The molecule has 22 heavy (non-hydrogen) atoms. The van der Waals surface area contributed by atoms with Crippen molar-refractivity contribution in [1.82, 2.24) is 0 Å². The Labute approximate surface area is 119 Å². The summed E-state index contributed by atoms with van der Waals surface area (Å²) in [5.41, 5.74) is 0.365. The molecule has 0 fully saturated rings. The van der Waals surface area contributed by atoms with Crippen LogP contribution in [0.2, 0.25) is 0 Å². The average molecular weight is 324 g/mol. The summed E-state index contributed by atoms with van der Waals surface area (Å²) in [6.45, 7) is 0. The van der Waals surface area contributed by atoms with Crippen molar-refractivity contribution in [1.29, 1.82) is 0 Å². The maximum atomic E-state index is 12.9. The highest BCUT2D eigenvalue weighted by molar-refractivity contribution is 6.50. The van der Waals surface area contributed by atoms with Crippen molar-refractivity contribution in [2.75, 3.05) is 0 Å². The molecule has 0 unspecified atom stereocenters. The van der Waals surface area contributed by atoms with E-state index < -0.39 is 19.0 Å². The van der Waals surface area contributed by atoms with Crippen LogP contribution in [0, 0.1) is 0 Å². The number of hydrogen-bond donors (Lipinski definition) is 0. The first-order valence-electron chi connectivity index (χ1n) is 5.96. The molecule has 1 heterocycles. The van der Waals surface area contributed by atoms with Gasteiger partial charge in [-0.15, -0.1) is 0 Å². The SMILES string of the molecule is FC(F)(F)c1cccc2[oH+]c3ccccc3c12.F[B-](F)(F)F. The molecular weight excluding hydrogens is 316 g/mol. The van der Waals surface area contributed by atoms with Crippen molar-refractivity contribution in [3.63, 3.8) is 0 Å². The van der Waals surface area contributed by atoms with Gasteiger partial charge >= 0.3 is 13.4 Å². The van der Waals surface area contributed by atoms with Gasteiger partial charge in [-0.1, -0.05) is 18.2 Å². The molecule has 3 aromatic rings. The van der Waals surface area contributed by atoms with Crippen LogP contribution in [-0.2, 0) is 6.18 Å².